The standard InChI is InChI=1S/C29H40N2O7/c1-6-15-30(20-11-13-21(36-5)14-12-20)26(34)24-29-18-19(3)28(4,38-29)23(27(35)37-7-2)22(29)25(33)31(24)16-9-8-10-17-32/h6,11-14,19,22-24,32H,1,7-10,15-18H2,2-5H3/t19?,22-,23-,24?,28+,29?/m0/s1. The summed E-state index contributed by atoms with van der Waals surface area (Å²) in [4.78, 5) is 45.1. The van der Waals surface area contributed by atoms with Crippen molar-refractivity contribution < 1.29 is 33.7 Å². The number of aliphatic hydroxyl groups excluding tert-OH is 1. The average molecular weight is 529 g/mol. The molecular weight excluding hydrogens is 488 g/mol. The number of fused-ring (bicyclic) bond motifs is 1. The van der Waals surface area contributed by atoms with Crippen molar-refractivity contribution in [3.8, 4) is 5.75 Å². The number of carbonyl (C=O) groups is 3. The molecule has 9 nitrogen and oxygen atoms in total. The van der Waals surface area contributed by atoms with Crippen LogP contribution in [0.3, 0.4) is 0 Å². The average Bonchev–Trinajstić information content (AvgIpc) is 3.41. The number of hydrogen-bond donors (Lipinski definition) is 1. The number of esters is 1. The minimum absolute atomic E-state index is 0.0561. The van der Waals surface area contributed by atoms with E-state index in [9.17, 15) is 19.5 Å². The van der Waals surface area contributed by atoms with Crippen LogP contribution in [-0.4, -0.2) is 78.4 Å². The molecule has 0 saturated carbocycles. The summed E-state index contributed by atoms with van der Waals surface area (Å²) in [5, 5.41) is 9.23. The van der Waals surface area contributed by atoms with E-state index in [0.29, 0.717) is 43.7 Å². The third-order valence-electron chi connectivity index (χ3n) is 8.61. The van der Waals surface area contributed by atoms with E-state index in [0.717, 1.165) is 0 Å². The Kier molecular flexibility index (Phi) is 8.18. The monoisotopic (exact) mass is 528 g/mol. The smallest absolute Gasteiger partial charge is 0.312 e. The Bertz CT molecular complexity index is 1060. The molecule has 3 aliphatic heterocycles. The van der Waals surface area contributed by atoms with Gasteiger partial charge in [0.2, 0.25) is 5.91 Å². The maximum absolute atomic E-state index is 14.5. The lowest BCUT2D eigenvalue weighted by atomic mass is 9.62. The van der Waals surface area contributed by atoms with E-state index in [4.69, 9.17) is 14.2 Å². The first-order chi connectivity index (χ1) is 18.2. The molecule has 3 aliphatic rings. The van der Waals surface area contributed by atoms with Gasteiger partial charge < -0.3 is 29.1 Å². The number of hydrogen-bond acceptors (Lipinski definition) is 7. The van der Waals surface area contributed by atoms with Crippen molar-refractivity contribution in [3.05, 3.63) is 36.9 Å². The third kappa shape index (κ3) is 4.39. The van der Waals surface area contributed by atoms with Crippen LogP contribution in [0.2, 0.25) is 0 Å². The summed E-state index contributed by atoms with van der Waals surface area (Å²) in [6.45, 7) is 10.3. The number of rotatable bonds is 12. The summed E-state index contributed by atoms with van der Waals surface area (Å²) in [6.07, 6.45) is 4.09. The highest BCUT2D eigenvalue weighted by Gasteiger charge is 2.80. The van der Waals surface area contributed by atoms with Crippen LogP contribution >= 0.6 is 0 Å². The van der Waals surface area contributed by atoms with Crippen molar-refractivity contribution in [3.63, 3.8) is 0 Å². The number of carbonyl (C=O) groups excluding carboxylic acids is 3. The maximum Gasteiger partial charge on any atom is 0.312 e. The molecule has 0 aromatic heterocycles. The summed E-state index contributed by atoms with van der Waals surface area (Å²) in [5.74, 6) is -1.94. The second-order valence-electron chi connectivity index (χ2n) is 10.7. The van der Waals surface area contributed by atoms with Gasteiger partial charge in [0.25, 0.3) is 5.91 Å². The number of aliphatic hydroxyl groups is 1. The van der Waals surface area contributed by atoms with E-state index >= 15 is 0 Å². The van der Waals surface area contributed by atoms with Crippen molar-refractivity contribution in [2.45, 2.75) is 63.7 Å². The van der Waals surface area contributed by atoms with Gasteiger partial charge in [-0.05, 0) is 69.7 Å². The molecule has 3 saturated heterocycles. The molecule has 2 bridgehead atoms. The van der Waals surface area contributed by atoms with E-state index in [2.05, 4.69) is 6.58 Å². The quantitative estimate of drug-likeness (QED) is 0.253. The lowest BCUT2D eigenvalue weighted by Crippen LogP contribution is -2.57. The van der Waals surface area contributed by atoms with Crippen LogP contribution in [-0.2, 0) is 23.9 Å². The van der Waals surface area contributed by atoms with E-state index in [-0.39, 0.29) is 37.5 Å². The second kappa shape index (κ2) is 11.1. The predicted octanol–water partition coefficient (Wildman–Crippen LogP) is 2.95. The number of nitrogens with zero attached hydrogens (tertiary/aromatic N) is 2. The Morgan fingerprint density at radius 2 is 1.97 bits per heavy atom. The number of amides is 2. The van der Waals surface area contributed by atoms with Crippen molar-refractivity contribution >= 4 is 23.5 Å². The molecule has 4 rings (SSSR count). The molecule has 1 N–H and O–H groups in total. The van der Waals surface area contributed by atoms with Gasteiger partial charge in [0.15, 0.2) is 0 Å². The van der Waals surface area contributed by atoms with Crippen LogP contribution in [0.1, 0.15) is 46.5 Å². The molecular formula is C29H40N2O7. The number of likely N-dealkylation sites (tertiary alicyclic amines) is 1. The molecule has 3 fully saturated rings. The number of unbranched alkanes of at least 4 members (excludes halogenated alkanes) is 2. The van der Waals surface area contributed by atoms with Crippen LogP contribution in [0, 0.1) is 17.8 Å². The van der Waals surface area contributed by atoms with E-state index in [1.165, 1.54) is 0 Å². The lowest BCUT2D eigenvalue weighted by molar-refractivity contribution is -0.161. The zero-order valence-electron chi connectivity index (χ0n) is 22.9. The van der Waals surface area contributed by atoms with E-state index < -0.39 is 35.0 Å². The summed E-state index contributed by atoms with van der Waals surface area (Å²) < 4.78 is 17.4. The van der Waals surface area contributed by atoms with Gasteiger partial charge in [0.05, 0.1) is 25.2 Å². The molecule has 1 aromatic rings. The minimum Gasteiger partial charge on any atom is -0.497 e. The topological polar surface area (TPSA) is 106 Å². The molecule has 38 heavy (non-hydrogen) atoms. The zero-order chi connectivity index (χ0) is 27.7. The first kappa shape index (κ1) is 28.1. The fraction of sp³-hybridized carbons (Fsp3) is 0.621. The number of ether oxygens (including phenoxy) is 3. The molecule has 1 aromatic carbocycles. The summed E-state index contributed by atoms with van der Waals surface area (Å²) in [5.41, 5.74) is -1.39. The first-order valence-corrected chi connectivity index (χ1v) is 13.5. The van der Waals surface area contributed by atoms with E-state index in [1.54, 1.807) is 54.2 Å². The van der Waals surface area contributed by atoms with Gasteiger partial charge >= 0.3 is 5.97 Å². The Morgan fingerprint density at radius 3 is 2.58 bits per heavy atom. The van der Waals surface area contributed by atoms with Gasteiger partial charge in [-0.2, -0.15) is 0 Å². The SMILES string of the molecule is C=CCN(C(=O)C1N(CCCCCO)C(=O)[C@@H]2[C@@H](C(=O)OCC)[C@]3(C)OC12CC3C)c1ccc(OC)cc1. The van der Waals surface area contributed by atoms with Crippen LogP contribution in [0.15, 0.2) is 36.9 Å². The predicted molar refractivity (Wildman–Crippen MR) is 142 cm³/mol. The van der Waals surface area contributed by atoms with Crippen molar-refractivity contribution in [1.29, 1.82) is 0 Å². The highest BCUT2D eigenvalue weighted by atomic mass is 16.6. The summed E-state index contributed by atoms with van der Waals surface area (Å²) >= 11 is 0. The van der Waals surface area contributed by atoms with Gasteiger partial charge in [-0.15, -0.1) is 6.58 Å². The molecule has 0 radical (unpaired) electrons. The highest BCUT2D eigenvalue weighted by molar-refractivity contribution is 6.04. The fourth-order valence-electron chi connectivity index (χ4n) is 6.78. The molecule has 6 atom stereocenters. The highest BCUT2D eigenvalue weighted by Crippen LogP contribution is 2.65. The molecule has 2 amide bonds. The normalized spacial score (nSPS) is 31.3. The van der Waals surface area contributed by atoms with Gasteiger partial charge in [-0.1, -0.05) is 13.0 Å². The Labute approximate surface area is 224 Å². The molecule has 208 valence electrons. The fourth-order valence-corrected chi connectivity index (χ4v) is 6.78. The van der Waals surface area contributed by atoms with Crippen LogP contribution in [0.25, 0.3) is 0 Å². The molecule has 0 aliphatic carbocycles. The van der Waals surface area contributed by atoms with Crippen LogP contribution in [0.4, 0.5) is 5.69 Å². The Hall–Kier alpha value is -2.91. The largest absolute Gasteiger partial charge is 0.497 e. The number of benzene rings is 1. The first-order valence-electron chi connectivity index (χ1n) is 13.5. The number of anilines is 1. The zero-order valence-corrected chi connectivity index (χ0v) is 22.9. The minimum atomic E-state index is -1.14. The van der Waals surface area contributed by atoms with Crippen molar-refractivity contribution in [2.75, 3.05) is 38.3 Å². The summed E-state index contributed by atoms with van der Waals surface area (Å²) in [6, 6.07) is 6.26. The van der Waals surface area contributed by atoms with Crippen molar-refractivity contribution in [2.24, 2.45) is 17.8 Å². The maximum atomic E-state index is 14.5. The molecule has 1 spiro atoms. The molecule has 3 unspecified atom stereocenters. The van der Waals surface area contributed by atoms with Crippen LogP contribution < -0.4 is 9.64 Å². The molecule has 3 heterocycles. The van der Waals surface area contributed by atoms with E-state index in [1.807, 2.05) is 13.8 Å². The van der Waals surface area contributed by atoms with Gasteiger partial charge in [-0.3, -0.25) is 14.4 Å². The third-order valence-corrected chi connectivity index (χ3v) is 8.61. The Morgan fingerprint density at radius 1 is 1.26 bits per heavy atom. The Balaban J connectivity index is 1.78. The second-order valence-corrected chi connectivity index (χ2v) is 10.7. The lowest BCUT2D eigenvalue weighted by Gasteiger charge is -2.37. The van der Waals surface area contributed by atoms with Crippen molar-refractivity contribution in [1.82, 2.24) is 4.90 Å². The number of methoxy groups -OCH3 is 1. The van der Waals surface area contributed by atoms with Gasteiger partial charge in [-0.25, -0.2) is 0 Å². The van der Waals surface area contributed by atoms with Gasteiger partial charge in [0, 0.05) is 25.4 Å². The molecule has 9 heteroatoms. The summed E-state index contributed by atoms with van der Waals surface area (Å²) in [7, 11) is 1.58. The van der Waals surface area contributed by atoms with Crippen LogP contribution in [0.5, 0.6) is 5.75 Å². The van der Waals surface area contributed by atoms with Gasteiger partial charge in [0.1, 0.15) is 23.3 Å².